The summed E-state index contributed by atoms with van der Waals surface area (Å²) in [6.45, 7) is 7.55. The first kappa shape index (κ1) is 23.3. The average molecular weight is 364 g/mol. The van der Waals surface area contributed by atoms with Crippen molar-refractivity contribution in [2.24, 2.45) is 0 Å². The number of ether oxygens (including phenoxy) is 2. The van der Waals surface area contributed by atoms with Crippen molar-refractivity contribution in [3.63, 3.8) is 0 Å². The molecule has 0 aliphatic carbocycles. The summed E-state index contributed by atoms with van der Waals surface area (Å²) in [5, 5.41) is 0. The molecule has 0 fully saturated rings. The van der Waals surface area contributed by atoms with E-state index < -0.39 is 19.7 Å². The van der Waals surface area contributed by atoms with Crippen LogP contribution in [0.1, 0.15) is 64.7 Å². The number of hydrogen-bond donors (Lipinski definition) is 2. The summed E-state index contributed by atoms with van der Waals surface area (Å²) >= 11 is 0. The molecule has 0 spiro atoms. The number of hydrogen-bond acceptors (Lipinski definition) is 4. The maximum atomic E-state index is 11.2. The molecule has 0 rings (SSSR count). The minimum Gasteiger partial charge on any atom is -0.466 e. The van der Waals surface area contributed by atoms with Gasteiger partial charge in [0, 0.05) is 6.61 Å². The smallest absolute Gasteiger partial charge is 0.326 e. The molecule has 0 aromatic heterocycles. The third kappa shape index (κ3) is 19.4. The van der Waals surface area contributed by atoms with E-state index in [1.807, 2.05) is 6.92 Å². The quantitative estimate of drug-likeness (QED) is 0.187. The third-order valence-corrected chi connectivity index (χ3v) is 4.21. The van der Waals surface area contributed by atoms with Gasteiger partial charge >= 0.3 is 13.6 Å². The van der Waals surface area contributed by atoms with Crippen LogP contribution in [0.4, 0.5) is 0 Å². The Bertz CT molecular complexity index is 391. The Hall–Kier alpha value is -0.680. The van der Waals surface area contributed by atoms with Crippen molar-refractivity contribution in [1.29, 1.82) is 0 Å². The number of carbonyl (C=O) groups is 1. The van der Waals surface area contributed by atoms with Gasteiger partial charge in [0.25, 0.3) is 0 Å². The van der Waals surface area contributed by atoms with Gasteiger partial charge in [0.2, 0.25) is 0 Å². The summed E-state index contributed by atoms with van der Waals surface area (Å²) in [6.07, 6.45) is 8.15. The second-order valence-corrected chi connectivity index (χ2v) is 7.97. The molecule has 6 nitrogen and oxygen atoms in total. The van der Waals surface area contributed by atoms with Crippen LogP contribution < -0.4 is 0 Å². The molecule has 0 saturated carbocycles. The van der Waals surface area contributed by atoms with E-state index in [1.54, 1.807) is 0 Å². The minimum absolute atomic E-state index is 0.222. The number of unbranched alkanes of at least 4 members (excludes halogenated alkanes) is 7. The SMILES string of the molecule is C=C(C)COCCCCCCCCCCOC(=O)CCP(=O)(O)O. The standard InChI is InChI=1S/C17H33O6P/c1-16(2)15-22-12-9-7-5-3-4-6-8-10-13-23-17(18)11-14-24(19,20)21/h1,3-15H2,2H3,(H2,19,20,21). The Balaban J connectivity index is 3.21. The lowest BCUT2D eigenvalue weighted by Crippen LogP contribution is -2.08. The minimum atomic E-state index is -4.11. The van der Waals surface area contributed by atoms with Gasteiger partial charge < -0.3 is 19.3 Å². The molecule has 0 amide bonds. The van der Waals surface area contributed by atoms with Gasteiger partial charge in [-0.15, -0.1) is 0 Å². The van der Waals surface area contributed by atoms with Crippen LogP contribution >= 0.6 is 7.60 Å². The normalized spacial score (nSPS) is 11.5. The summed E-state index contributed by atoms with van der Waals surface area (Å²) < 4.78 is 21.0. The van der Waals surface area contributed by atoms with E-state index in [0.29, 0.717) is 13.2 Å². The molecule has 24 heavy (non-hydrogen) atoms. The van der Waals surface area contributed by atoms with Crippen molar-refractivity contribution in [2.75, 3.05) is 26.0 Å². The molecule has 0 aromatic rings. The lowest BCUT2D eigenvalue weighted by Gasteiger charge is -2.06. The van der Waals surface area contributed by atoms with Crippen molar-refractivity contribution in [1.82, 2.24) is 0 Å². The van der Waals surface area contributed by atoms with Gasteiger partial charge in [-0.05, 0) is 19.8 Å². The predicted octanol–water partition coefficient (Wildman–Crippen LogP) is 3.81. The molecule has 2 N–H and O–H groups in total. The fourth-order valence-corrected chi connectivity index (χ4v) is 2.58. The molecule has 0 aliphatic rings. The highest BCUT2D eigenvalue weighted by Crippen LogP contribution is 2.34. The second-order valence-electron chi connectivity index (χ2n) is 6.20. The monoisotopic (exact) mass is 364 g/mol. The van der Waals surface area contributed by atoms with Crippen LogP contribution in [0.5, 0.6) is 0 Å². The molecule has 0 unspecified atom stereocenters. The van der Waals surface area contributed by atoms with E-state index in [4.69, 9.17) is 19.3 Å². The molecule has 0 radical (unpaired) electrons. The van der Waals surface area contributed by atoms with Crippen LogP contribution in [-0.2, 0) is 18.8 Å². The van der Waals surface area contributed by atoms with Crippen molar-refractivity contribution >= 4 is 13.6 Å². The summed E-state index contributed by atoms with van der Waals surface area (Å²) in [7, 11) is -4.11. The van der Waals surface area contributed by atoms with Crippen molar-refractivity contribution < 1.29 is 28.6 Å². The molecule has 142 valence electrons. The van der Waals surface area contributed by atoms with Crippen LogP contribution in [0.15, 0.2) is 12.2 Å². The van der Waals surface area contributed by atoms with Gasteiger partial charge in [-0.3, -0.25) is 9.36 Å². The molecular weight excluding hydrogens is 331 g/mol. The molecule has 7 heteroatoms. The highest BCUT2D eigenvalue weighted by Gasteiger charge is 2.15. The zero-order chi connectivity index (χ0) is 18.3. The zero-order valence-electron chi connectivity index (χ0n) is 14.9. The number of carbonyl (C=O) groups excluding carboxylic acids is 1. The van der Waals surface area contributed by atoms with Crippen LogP contribution in [0.2, 0.25) is 0 Å². The predicted molar refractivity (Wildman–Crippen MR) is 95.1 cm³/mol. The maximum absolute atomic E-state index is 11.2. The van der Waals surface area contributed by atoms with Gasteiger partial charge in [0.1, 0.15) is 0 Å². The first-order chi connectivity index (χ1) is 11.3. The summed E-state index contributed by atoms with van der Waals surface area (Å²) in [6, 6.07) is 0. The van der Waals surface area contributed by atoms with Crippen LogP contribution in [-0.4, -0.2) is 41.7 Å². The van der Waals surface area contributed by atoms with Crippen molar-refractivity contribution in [2.45, 2.75) is 64.7 Å². The largest absolute Gasteiger partial charge is 0.466 e. The van der Waals surface area contributed by atoms with Crippen molar-refractivity contribution in [3.05, 3.63) is 12.2 Å². The Morgan fingerprint density at radius 3 is 1.96 bits per heavy atom. The highest BCUT2D eigenvalue weighted by molar-refractivity contribution is 7.51. The van der Waals surface area contributed by atoms with E-state index in [2.05, 4.69) is 6.58 Å². The van der Waals surface area contributed by atoms with Crippen LogP contribution in [0, 0.1) is 0 Å². The Labute approximate surface area is 145 Å². The Kier molecular flexibility index (Phi) is 14.2. The molecule has 0 saturated heterocycles. The van der Waals surface area contributed by atoms with Gasteiger partial charge in [-0.25, -0.2) is 0 Å². The molecule has 0 aliphatic heterocycles. The van der Waals surface area contributed by atoms with Gasteiger partial charge in [0.15, 0.2) is 0 Å². The fraction of sp³-hybridized carbons (Fsp3) is 0.824. The van der Waals surface area contributed by atoms with E-state index in [-0.39, 0.29) is 6.42 Å². The fourth-order valence-electron chi connectivity index (χ4n) is 2.11. The molecule has 0 heterocycles. The first-order valence-corrected chi connectivity index (χ1v) is 10.5. The molecule has 0 aromatic carbocycles. The topological polar surface area (TPSA) is 93.1 Å². The highest BCUT2D eigenvalue weighted by atomic mass is 31.2. The number of esters is 1. The summed E-state index contributed by atoms with van der Waals surface area (Å²) in [5.41, 5.74) is 1.06. The Morgan fingerprint density at radius 1 is 0.958 bits per heavy atom. The third-order valence-electron chi connectivity index (χ3n) is 3.40. The maximum Gasteiger partial charge on any atom is 0.326 e. The lowest BCUT2D eigenvalue weighted by atomic mass is 10.1. The molecule has 0 atom stereocenters. The first-order valence-electron chi connectivity index (χ1n) is 8.73. The van der Waals surface area contributed by atoms with Crippen molar-refractivity contribution in [3.8, 4) is 0 Å². The second kappa shape index (κ2) is 14.6. The molecular formula is C17H33O6P. The molecule has 0 bridgehead atoms. The van der Waals surface area contributed by atoms with Crippen LogP contribution in [0.3, 0.4) is 0 Å². The summed E-state index contributed by atoms with van der Waals surface area (Å²) in [4.78, 5) is 28.5. The summed E-state index contributed by atoms with van der Waals surface area (Å²) in [5.74, 6) is -0.535. The van der Waals surface area contributed by atoms with Crippen LogP contribution in [0.25, 0.3) is 0 Å². The van der Waals surface area contributed by atoms with E-state index in [9.17, 15) is 9.36 Å². The lowest BCUT2D eigenvalue weighted by molar-refractivity contribution is -0.143. The zero-order valence-corrected chi connectivity index (χ0v) is 15.8. The van der Waals surface area contributed by atoms with Gasteiger partial charge in [-0.2, -0.15) is 0 Å². The average Bonchev–Trinajstić information content (AvgIpc) is 2.48. The van der Waals surface area contributed by atoms with E-state index in [0.717, 1.165) is 37.9 Å². The number of rotatable bonds is 16. The van der Waals surface area contributed by atoms with E-state index >= 15 is 0 Å². The van der Waals surface area contributed by atoms with Gasteiger partial charge in [-0.1, -0.05) is 50.7 Å². The van der Waals surface area contributed by atoms with E-state index in [1.165, 1.54) is 25.7 Å². The van der Waals surface area contributed by atoms with Gasteiger partial charge in [0.05, 0.1) is 25.8 Å². The Morgan fingerprint density at radius 2 is 1.46 bits per heavy atom.